The summed E-state index contributed by atoms with van der Waals surface area (Å²) in [7, 11) is 0. The molecular weight excluding hydrogens is 310 g/mol. The van der Waals surface area contributed by atoms with Gasteiger partial charge in [0.05, 0.1) is 0 Å². The highest BCUT2D eigenvalue weighted by Gasteiger charge is 2.23. The second kappa shape index (κ2) is 6.55. The van der Waals surface area contributed by atoms with Gasteiger partial charge in [-0.25, -0.2) is 0 Å². The van der Waals surface area contributed by atoms with E-state index in [-0.39, 0.29) is 0 Å². The van der Waals surface area contributed by atoms with E-state index in [0.717, 1.165) is 19.0 Å². The highest BCUT2D eigenvalue weighted by molar-refractivity contribution is 9.10. The van der Waals surface area contributed by atoms with Crippen LogP contribution in [0.5, 0.6) is 0 Å². The van der Waals surface area contributed by atoms with Crippen LogP contribution in [0.25, 0.3) is 0 Å². The third-order valence-corrected chi connectivity index (χ3v) is 4.62. The maximum absolute atomic E-state index is 3.71. The molecule has 0 radical (unpaired) electrons. The molecule has 1 fully saturated rings. The Hall–Kier alpha value is -1.12. The summed E-state index contributed by atoms with van der Waals surface area (Å²) in [4.78, 5) is 0. The number of halogens is 1. The molecule has 1 aliphatic carbocycles. The molecule has 1 N–H and O–H groups in total. The second-order valence-electron chi connectivity index (χ2n) is 5.59. The standard InChI is InChI=1S/C18H20BrN/c19-18-9-5-4-8-17(18)15(13-20-16-10-11-16)12-14-6-2-1-3-7-14/h1-9,15-16,20H,10-13H2. The molecule has 0 saturated heterocycles. The first kappa shape index (κ1) is 13.8. The van der Waals surface area contributed by atoms with Crippen molar-refractivity contribution in [3.8, 4) is 0 Å². The number of hydrogen-bond acceptors (Lipinski definition) is 1. The minimum atomic E-state index is 0.522. The average molecular weight is 330 g/mol. The van der Waals surface area contributed by atoms with Crippen molar-refractivity contribution in [2.24, 2.45) is 0 Å². The molecule has 3 rings (SSSR count). The molecule has 0 aliphatic heterocycles. The quantitative estimate of drug-likeness (QED) is 0.821. The zero-order chi connectivity index (χ0) is 13.8. The molecule has 0 amide bonds. The van der Waals surface area contributed by atoms with Gasteiger partial charge in [0.2, 0.25) is 0 Å². The summed E-state index contributed by atoms with van der Waals surface area (Å²) in [6, 6.07) is 20.1. The van der Waals surface area contributed by atoms with Crippen molar-refractivity contribution < 1.29 is 0 Å². The van der Waals surface area contributed by atoms with E-state index in [2.05, 4.69) is 75.8 Å². The van der Waals surface area contributed by atoms with Gasteiger partial charge < -0.3 is 5.32 Å². The molecule has 0 bridgehead atoms. The van der Waals surface area contributed by atoms with Crippen molar-refractivity contribution in [3.05, 3.63) is 70.2 Å². The topological polar surface area (TPSA) is 12.0 Å². The summed E-state index contributed by atoms with van der Waals surface area (Å²) in [5.41, 5.74) is 2.82. The van der Waals surface area contributed by atoms with Gasteiger partial charge in [-0.1, -0.05) is 64.5 Å². The van der Waals surface area contributed by atoms with Crippen LogP contribution in [0.1, 0.15) is 29.9 Å². The summed E-state index contributed by atoms with van der Waals surface area (Å²) >= 11 is 3.71. The van der Waals surface area contributed by atoms with E-state index >= 15 is 0 Å². The van der Waals surface area contributed by atoms with E-state index in [4.69, 9.17) is 0 Å². The van der Waals surface area contributed by atoms with Gasteiger partial charge in [-0.2, -0.15) is 0 Å². The maximum Gasteiger partial charge on any atom is 0.0210 e. The third kappa shape index (κ3) is 3.71. The van der Waals surface area contributed by atoms with Crippen LogP contribution < -0.4 is 5.32 Å². The van der Waals surface area contributed by atoms with E-state index in [1.54, 1.807) is 0 Å². The molecule has 2 aromatic carbocycles. The molecule has 1 aliphatic rings. The lowest BCUT2D eigenvalue weighted by molar-refractivity contribution is 0.575. The number of nitrogens with one attached hydrogen (secondary N) is 1. The molecule has 0 heterocycles. The number of benzene rings is 2. The second-order valence-corrected chi connectivity index (χ2v) is 6.45. The van der Waals surface area contributed by atoms with Gasteiger partial charge in [0.25, 0.3) is 0 Å². The van der Waals surface area contributed by atoms with E-state index in [1.165, 1.54) is 28.4 Å². The SMILES string of the molecule is Brc1ccccc1C(CNC1CC1)Cc1ccccc1. The minimum absolute atomic E-state index is 0.522. The van der Waals surface area contributed by atoms with Crippen LogP contribution in [-0.2, 0) is 6.42 Å². The monoisotopic (exact) mass is 329 g/mol. The Morgan fingerprint density at radius 1 is 1.00 bits per heavy atom. The summed E-state index contributed by atoms with van der Waals surface area (Å²) in [6.45, 7) is 1.06. The highest BCUT2D eigenvalue weighted by Crippen LogP contribution is 2.29. The fourth-order valence-corrected chi connectivity index (χ4v) is 3.20. The first-order valence-corrected chi connectivity index (χ1v) is 8.14. The molecule has 0 aromatic heterocycles. The van der Waals surface area contributed by atoms with Crippen LogP contribution in [-0.4, -0.2) is 12.6 Å². The average Bonchev–Trinajstić information content (AvgIpc) is 3.29. The molecule has 1 atom stereocenters. The van der Waals surface area contributed by atoms with Crippen LogP contribution in [0.3, 0.4) is 0 Å². The van der Waals surface area contributed by atoms with E-state index in [1.807, 2.05) is 0 Å². The first-order valence-electron chi connectivity index (χ1n) is 7.34. The molecule has 1 saturated carbocycles. The lowest BCUT2D eigenvalue weighted by atomic mass is 9.92. The molecule has 2 aromatic rings. The Morgan fingerprint density at radius 3 is 2.40 bits per heavy atom. The predicted octanol–water partition coefficient (Wildman–Crippen LogP) is 4.53. The highest BCUT2D eigenvalue weighted by atomic mass is 79.9. The van der Waals surface area contributed by atoms with Crippen LogP contribution in [0.4, 0.5) is 0 Å². The van der Waals surface area contributed by atoms with Gasteiger partial charge in [-0.15, -0.1) is 0 Å². The van der Waals surface area contributed by atoms with Crippen LogP contribution in [0, 0.1) is 0 Å². The largest absolute Gasteiger partial charge is 0.313 e. The Bertz CT molecular complexity index is 548. The van der Waals surface area contributed by atoms with Crippen molar-refractivity contribution in [1.29, 1.82) is 0 Å². The molecule has 20 heavy (non-hydrogen) atoms. The predicted molar refractivity (Wildman–Crippen MR) is 88.1 cm³/mol. The van der Waals surface area contributed by atoms with Gasteiger partial charge in [-0.05, 0) is 36.5 Å². The summed E-state index contributed by atoms with van der Waals surface area (Å²) in [6.07, 6.45) is 3.77. The fourth-order valence-electron chi connectivity index (χ4n) is 2.59. The van der Waals surface area contributed by atoms with Gasteiger partial charge in [-0.3, -0.25) is 0 Å². The molecule has 0 spiro atoms. The number of hydrogen-bond donors (Lipinski definition) is 1. The normalized spacial score (nSPS) is 16.1. The van der Waals surface area contributed by atoms with E-state index in [9.17, 15) is 0 Å². The van der Waals surface area contributed by atoms with Crippen molar-refractivity contribution in [2.45, 2.75) is 31.2 Å². The molecule has 2 heteroatoms. The van der Waals surface area contributed by atoms with Crippen LogP contribution >= 0.6 is 15.9 Å². The summed E-state index contributed by atoms with van der Waals surface area (Å²) in [5, 5.41) is 3.68. The van der Waals surface area contributed by atoms with E-state index in [0.29, 0.717) is 5.92 Å². The lowest BCUT2D eigenvalue weighted by Crippen LogP contribution is -2.25. The molecule has 1 unspecified atom stereocenters. The Morgan fingerprint density at radius 2 is 1.70 bits per heavy atom. The molecular formula is C18H20BrN. The number of rotatable bonds is 6. The van der Waals surface area contributed by atoms with Crippen molar-refractivity contribution in [1.82, 2.24) is 5.32 Å². The lowest BCUT2D eigenvalue weighted by Gasteiger charge is -2.20. The van der Waals surface area contributed by atoms with Gasteiger partial charge >= 0.3 is 0 Å². The smallest absolute Gasteiger partial charge is 0.0210 e. The van der Waals surface area contributed by atoms with Gasteiger partial charge in [0.1, 0.15) is 0 Å². The van der Waals surface area contributed by atoms with Crippen molar-refractivity contribution in [3.63, 3.8) is 0 Å². The van der Waals surface area contributed by atoms with Gasteiger partial charge in [0, 0.05) is 23.0 Å². The van der Waals surface area contributed by atoms with E-state index < -0.39 is 0 Å². The zero-order valence-electron chi connectivity index (χ0n) is 11.6. The Kier molecular flexibility index (Phi) is 4.54. The molecule has 104 valence electrons. The third-order valence-electron chi connectivity index (χ3n) is 3.90. The van der Waals surface area contributed by atoms with Crippen LogP contribution in [0.15, 0.2) is 59.1 Å². The summed E-state index contributed by atoms with van der Waals surface area (Å²) < 4.78 is 1.22. The fraction of sp³-hybridized carbons (Fsp3) is 0.333. The summed E-state index contributed by atoms with van der Waals surface area (Å²) in [5.74, 6) is 0.522. The Labute approximate surface area is 129 Å². The maximum atomic E-state index is 3.71. The first-order chi connectivity index (χ1) is 9.83. The van der Waals surface area contributed by atoms with Crippen LogP contribution in [0.2, 0.25) is 0 Å². The van der Waals surface area contributed by atoms with Gasteiger partial charge in [0.15, 0.2) is 0 Å². The minimum Gasteiger partial charge on any atom is -0.313 e. The van der Waals surface area contributed by atoms with Crippen molar-refractivity contribution in [2.75, 3.05) is 6.54 Å². The Balaban J connectivity index is 1.77. The van der Waals surface area contributed by atoms with Crippen molar-refractivity contribution >= 4 is 15.9 Å². The molecule has 1 nitrogen and oxygen atoms in total. The zero-order valence-corrected chi connectivity index (χ0v) is 13.1.